The van der Waals surface area contributed by atoms with E-state index in [0.717, 1.165) is 11.5 Å². The summed E-state index contributed by atoms with van der Waals surface area (Å²) < 4.78 is 13.0. The minimum Gasteiger partial charge on any atom is -0.478 e. The van der Waals surface area contributed by atoms with E-state index < -0.39 is 5.97 Å². The van der Waals surface area contributed by atoms with Crippen molar-refractivity contribution in [3.8, 4) is 0 Å². The van der Waals surface area contributed by atoms with Crippen LogP contribution in [0.15, 0.2) is 34.8 Å². The number of benzene rings is 1. The second kappa shape index (κ2) is 6.22. The van der Waals surface area contributed by atoms with Gasteiger partial charge in [0, 0.05) is 11.5 Å². The monoisotopic (exact) mass is 293 g/mol. The first kappa shape index (κ1) is 14.8. The Hall–Kier alpha value is -1.62. The molecule has 0 saturated heterocycles. The molecular weight excluding hydrogens is 277 g/mol. The third kappa shape index (κ3) is 3.10. The molecule has 0 aliphatic carbocycles. The highest BCUT2D eigenvalue weighted by molar-refractivity contribution is 8.13. The van der Waals surface area contributed by atoms with E-state index in [1.807, 2.05) is 13.2 Å². The molecule has 0 bridgehead atoms. The van der Waals surface area contributed by atoms with Gasteiger partial charge in [-0.3, -0.25) is 0 Å². The molecule has 20 heavy (non-hydrogen) atoms. The van der Waals surface area contributed by atoms with E-state index in [1.165, 1.54) is 23.9 Å². The van der Waals surface area contributed by atoms with Gasteiger partial charge < -0.3 is 5.11 Å². The molecule has 106 valence electrons. The van der Waals surface area contributed by atoms with Crippen LogP contribution in [0.3, 0.4) is 0 Å². The van der Waals surface area contributed by atoms with Gasteiger partial charge in [0.15, 0.2) is 0 Å². The SMILES string of the molecule is CSC1=NC(c2ccc(F)cc2)=C(C(=O)O)CCC1C. The lowest BCUT2D eigenvalue weighted by Gasteiger charge is -2.09. The summed E-state index contributed by atoms with van der Waals surface area (Å²) >= 11 is 1.53. The third-order valence-electron chi connectivity index (χ3n) is 3.34. The lowest BCUT2D eigenvalue weighted by molar-refractivity contribution is -0.132. The van der Waals surface area contributed by atoms with Crippen LogP contribution in [-0.4, -0.2) is 22.4 Å². The van der Waals surface area contributed by atoms with Gasteiger partial charge in [-0.2, -0.15) is 0 Å². The second-order valence-electron chi connectivity index (χ2n) is 4.73. The van der Waals surface area contributed by atoms with Crippen molar-refractivity contribution in [2.45, 2.75) is 19.8 Å². The summed E-state index contributed by atoms with van der Waals surface area (Å²) in [6, 6.07) is 5.80. The van der Waals surface area contributed by atoms with Crippen LogP contribution >= 0.6 is 11.8 Å². The Morgan fingerprint density at radius 2 is 2.05 bits per heavy atom. The van der Waals surface area contributed by atoms with Crippen LogP contribution in [0.4, 0.5) is 4.39 Å². The van der Waals surface area contributed by atoms with E-state index in [4.69, 9.17) is 0 Å². The van der Waals surface area contributed by atoms with Crippen LogP contribution in [0, 0.1) is 11.7 Å². The van der Waals surface area contributed by atoms with Gasteiger partial charge in [0.05, 0.1) is 16.3 Å². The molecule has 1 atom stereocenters. The maximum absolute atomic E-state index is 13.0. The lowest BCUT2D eigenvalue weighted by atomic mass is 10.00. The highest BCUT2D eigenvalue weighted by Gasteiger charge is 2.23. The van der Waals surface area contributed by atoms with E-state index in [9.17, 15) is 14.3 Å². The number of thioether (sulfide) groups is 1. The number of halogens is 1. The van der Waals surface area contributed by atoms with Crippen molar-refractivity contribution in [2.24, 2.45) is 10.9 Å². The summed E-state index contributed by atoms with van der Waals surface area (Å²) in [5.41, 5.74) is 1.39. The molecule has 1 aromatic rings. The number of carbonyl (C=O) groups is 1. The first-order chi connectivity index (χ1) is 9.52. The number of rotatable bonds is 2. The quantitative estimate of drug-likeness (QED) is 0.902. The zero-order valence-electron chi connectivity index (χ0n) is 11.4. The summed E-state index contributed by atoms with van der Waals surface area (Å²) in [5.74, 6) is -1.07. The Morgan fingerprint density at radius 1 is 1.40 bits per heavy atom. The summed E-state index contributed by atoms with van der Waals surface area (Å²) in [7, 11) is 0. The minimum absolute atomic E-state index is 0.234. The molecule has 1 aliphatic rings. The fourth-order valence-electron chi connectivity index (χ4n) is 2.19. The van der Waals surface area contributed by atoms with Gasteiger partial charge in [0.25, 0.3) is 0 Å². The molecule has 1 unspecified atom stereocenters. The molecule has 0 fully saturated rings. The molecule has 1 aromatic carbocycles. The Bertz CT molecular complexity index is 578. The molecule has 1 N–H and O–H groups in total. The van der Waals surface area contributed by atoms with Gasteiger partial charge in [-0.05, 0) is 43.4 Å². The number of nitrogens with zero attached hydrogens (tertiary/aromatic N) is 1. The van der Waals surface area contributed by atoms with Gasteiger partial charge in [0.2, 0.25) is 0 Å². The molecule has 2 rings (SSSR count). The van der Waals surface area contributed by atoms with Crippen LogP contribution in [0.1, 0.15) is 25.3 Å². The number of aliphatic carboxylic acids is 1. The van der Waals surface area contributed by atoms with Gasteiger partial charge in [0.1, 0.15) is 5.82 Å². The van der Waals surface area contributed by atoms with Gasteiger partial charge in [-0.1, -0.05) is 6.92 Å². The highest BCUT2D eigenvalue weighted by atomic mass is 32.2. The average molecular weight is 293 g/mol. The first-order valence-corrected chi connectivity index (χ1v) is 7.60. The molecule has 1 aliphatic heterocycles. The van der Waals surface area contributed by atoms with Crippen LogP contribution in [-0.2, 0) is 4.79 Å². The largest absolute Gasteiger partial charge is 0.478 e. The Balaban J connectivity index is 2.57. The smallest absolute Gasteiger partial charge is 0.333 e. The van der Waals surface area contributed by atoms with E-state index >= 15 is 0 Å². The molecule has 0 saturated carbocycles. The number of hydrogen-bond acceptors (Lipinski definition) is 3. The molecule has 0 radical (unpaired) electrons. The average Bonchev–Trinajstić information content (AvgIpc) is 2.59. The van der Waals surface area contributed by atoms with Crippen molar-refractivity contribution in [3.05, 3.63) is 41.2 Å². The predicted molar refractivity (Wildman–Crippen MR) is 80.3 cm³/mol. The first-order valence-electron chi connectivity index (χ1n) is 6.38. The van der Waals surface area contributed by atoms with Gasteiger partial charge in [-0.15, -0.1) is 11.8 Å². The van der Waals surface area contributed by atoms with Gasteiger partial charge in [-0.25, -0.2) is 14.2 Å². The zero-order chi connectivity index (χ0) is 14.7. The van der Waals surface area contributed by atoms with Crippen molar-refractivity contribution >= 4 is 28.5 Å². The number of aliphatic imine (C=N–C) groups is 1. The number of carboxylic acids is 1. The summed E-state index contributed by atoms with van der Waals surface area (Å²) in [5, 5.41) is 10.3. The minimum atomic E-state index is -0.956. The van der Waals surface area contributed by atoms with Crippen molar-refractivity contribution in [1.29, 1.82) is 0 Å². The molecule has 0 aromatic heterocycles. The van der Waals surface area contributed by atoms with E-state index in [2.05, 4.69) is 4.99 Å². The molecule has 5 heteroatoms. The van der Waals surface area contributed by atoms with Crippen molar-refractivity contribution in [1.82, 2.24) is 0 Å². The van der Waals surface area contributed by atoms with E-state index in [0.29, 0.717) is 23.3 Å². The maximum atomic E-state index is 13.0. The van der Waals surface area contributed by atoms with Crippen LogP contribution in [0.25, 0.3) is 5.70 Å². The van der Waals surface area contributed by atoms with E-state index in [1.54, 1.807) is 12.1 Å². The lowest BCUT2D eigenvalue weighted by Crippen LogP contribution is -2.06. The fourth-order valence-corrected chi connectivity index (χ4v) is 2.89. The molecule has 0 amide bonds. The van der Waals surface area contributed by atoms with Gasteiger partial charge >= 0.3 is 5.97 Å². The van der Waals surface area contributed by atoms with Crippen molar-refractivity contribution < 1.29 is 14.3 Å². The molecule has 0 spiro atoms. The van der Waals surface area contributed by atoms with Crippen LogP contribution in [0.2, 0.25) is 0 Å². The van der Waals surface area contributed by atoms with E-state index in [-0.39, 0.29) is 11.7 Å². The summed E-state index contributed by atoms with van der Waals surface area (Å²) in [6.07, 6.45) is 3.16. The molecule has 1 heterocycles. The summed E-state index contributed by atoms with van der Waals surface area (Å²) in [6.45, 7) is 2.04. The highest BCUT2D eigenvalue weighted by Crippen LogP contribution is 2.32. The van der Waals surface area contributed by atoms with Crippen molar-refractivity contribution in [2.75, 3.05) is 6.26 Å². The zero-order valence-corrected chi connectivity index (χ0v) is 12.2. The molecule has 3 nitrogen and oxygen atoms in total. The van der Waals surface area contributed by atoms with Crippen molar-refractivity contribution in [3.63, 3.8) is 0 Å². The predicted octanol–water partition coefficient (Wildman–Crippen LogP) is 3.81. The van der Waals surface area contributed by atoms with Crippen LogP contribution < -0.4 is 0 Å². The number of hydrogen-bond donors (Lipinski definition) is 1. The maximum Gasteiger partial charge on any atom is 0.333 e. The summed E-state index contributed by atoms with van der Waals surface area (Å²) in [4.78, 5) is 16.0. The van der Waals surface area contributed by atoms with Crippen LogP contribution in [0.5, 0.6) is 0 Å². The number of carboxylic acid groups (broad SMARTS) is 1. The standard InChI is InChI=1S/C15H16FNO2S/c1-9-3-8-12(15(18)19)13(17-14(9)20-2)10-4-6-11(16)7-5-10/h4-7,9H,3,8H2,1-2H3,(H,18,19). The fraction of sp³-hybridized carbons (Fsp3) is 0.333. The second-order valence-corrected chi connectivity index (χ2v) is 5.56. The Labute approximate surface area is 121 Å². The normalized spacial score (nSPS) is 19.6. The Kier molecular flexibility index (Phi) is 4.60. The topological polar surface area (TPSA) is 49.7 Å². The molecular formula is C15H16FNO2S. The third-order valence-corrected chi connectivity index (χ3v) is 4.25. The Morgan fingerprint density at radius 3 is 2.60 bits per heavy atom.